The molecule has 0 radical (unpaired) electrons. The van der Waals surface area contributed by atoms with Crippen molar-refractivity contribution in [3.05, 3.63) is 106 Å². The van der Waals surface area contributed by atoms with Crippen molar-refractivity contribution in [3.8, 4) is 0 Å². The third kappa shape index (κ3) is 5.95. The van der Waals surface area contributed by atoms with Crippen LogP contribution in [0.15, 0.2) is 72.8 Å². The standard InChI is InChI=1S/C38H52/c1-8-38(9-2,29(5)6)36-22-18-33(19-23-36)34-11-10-25-37(27-34,26-24-31-14-12-30(7)13-15-31)35-20-16-32(17-21-35)28(3)4/h12-23,28-29,34H,8-11,24-27H2,1-7H3. The van der Waals surface area contributed by atoms with Gasteiger partial charge in [0, 0.05) is 0 Å². The molecule has 1 aliphatic rings. The fourth-order valence-electron chi connectivity index (χ4n) is 7.54. The van der Waals surface area contributed by atoms with Crippen molar-refractivity contribution in [1.82, 2.24) is 0 Å². The summed E-state index contributed by atoms with van der Waals surface area (Å²) in [5.74, 6) is 1.87. The molecule has 3 aromatic carbocycles. The number of hydrogen-bond donors (Lipinski definition) is 0. The maximum absolute atomic E-state index is 2.49. The minimum atomic E-state index is 0.247. The van der Waals surface area contributed by atoms with E-state index in [4.69, 9.17) is 0 Å². The average Bonchev–Trinajstić information content (AvgIpc) is 2.94. The van der Waals surface area contributed by atoms with E-state index in [1.54, 1.807) is 11.1 Å². The number of benzene rings is 3. The van der Waals surface area contributed by atoms with Crippen LogP contribution in [0.2, 0.25) is 0 Å². The lowest BCUT2D eigenvalue weighted by Crippen LogP contribution is -2.33. The Morgan fingerprint density at radius 1 is 0.816 bits per heavy atom. The lowest BCUT2D eigenvalue weighted by Gasteiger charge is -2.43. The molecule has 0 bridgehead atoms. The molecule has 1 aliphatic carbocycles. The summed E-state index contributed by atoms with van der Waals surface area (Å²) in [6.45, 7) is 16.3. The molecular formula is C38H52. The second-order valence-corrected chi connectivity index (χ2v) is 13.0. The molecule has 0 spiro atoms. The lowest BCUT2D eigenvalue weighted by atomic mass is 9.62. The van der Waals surface area contributed by atoms with E-state index >= 15 is 0 Å². The van der Waals surface area contributed by atoms with Gasteiger partial charge in [0.1, 0.15) is 0 Å². The smallest absolute Gasteiger partial charge is 0.00292 e. The molecule has 1 fully saturated rings. The predicted octanol–water partition coefficient (Wildman–Crippen LogP) is 11.1. The Bertz CT molecular complexity index is 1130. The summed E-state index contributed by atoms with van der Waals surface area (Å²) in [7, 11) is 0. The summed E-state index contributed by atoms with van der Waals surface area (Å²) < 4.78 is 0. The largest absolute Gasteiger partial charge is 0.0645 e. The van der Waals surface area contributed by atoms with Gasteiger partial charge in [-0.25, -0.2) is 0 Å². The molecule has 0 N–H and O–H groups in total. The van der Waals surface area contributed by atoms with Crippen molar-refractivity contribution in [1.29, 1.82) is 0 Å². The van der Waals surface area contributed by atoms with Crippen LogP contribution in [0.3, 0.4) is 0 Å². The first-order valence-electron chi connectivity index (χ1n) is 15.5. The summed E-state index contributed by atoms with van der Waals surface area (Å²) in [5.41, 5.74) is 9.46. The van der Waals surface area contributed by atoms with Crippen molar-refractivity contribution < 1.29 is 0 Å². The highest BCUT2D eigenvalue weighted by atomic mass is 14.4. The highest BCUT2D eigenvalue weighted by Gasteiger charge is 2.38. The topological polar surface area (TPSA) is 0 Å². The van der Waals surface area contributed by atoms with Gasteiger partial charge in [0.25, 0.3) is 0 Å². The summed E-state index contributed by atoms with van der Waals surface area (Å²) in [4.78, 5) is 0. The molecule has 38 heavy (non-hydrogen) atoms. The monoisotopic (exact) mass is 508 g/mol. The van der Waals surface area contributed by atoms with E-state index < -0.39 is 0 Å². The van der Waals surface area contributed by atoms with E-state index in [1.165, 1.54) is 67.2 Å². The molecule has 0 aromatic heterocycles. The zero-order valence-corrected chi connectivity index (χ0v) is 25.3. The first kappa shape index (κ1) is 28.7. The predicted molar refractivity (Wildman–Crippen MR) is 166 cm³/mol. The molecule has 3 aromatic rings. The van der Waals surface area contributed by atoms with Gasteiger partial charge in [-0.2, -0.15) is 0 Å². The van der Waals surface area contributed by atoms with Crippen LogP contribution in [0.4, 0.5) is 0 Å². The summed E-state index contributed by atoms with van der Waals surface area (Å²) in [6, 6.07) is 28.9. The fraction of sp³-hybridized carbons (Fsp3) is 0.526. The Labute approximate surface area is 234 Å². The van der Waals surface area contributed by atoms with Crippen molar-refractivity contribution in [3.63, 3.8) is 0 Å². The fourth-order valence-corrected chi connectivity index (χ4v) is 7.54. The van der Waals surface area contributed by atoms with Gasteiger partial charge in [-0.3, -0.25) is 0 Å². The molecule has 0 heterocycles. The molecule has 204 valence electrons. The summed E-state index contributed by atoms with van der Waals surface area (Å²) >= 11 is 0. The molecule has 0 saturated heterocycles. The molecule has 0 amide bonds. The first-order chi connectivity index (χ1) is 18.2. The van der Waals surface area contributed by atoms with Crippen LogP contribution in [0.25, 0.3) is 0 Å². The van der Waals surface area contributed by atoms with Crippen LogP contribution in [0, 0.1) is 12.8 Å². The first-order valence-corrected chi connectivity index (χ1v) is 15.5. The van der Waals surface area contributed by atoms with Crippen LogP contribution in [-0.2, 0) is 17.3 Å². The Morgan fingerprint density at radius 2 is 1.45 bits per heavy atom. The van der Waals surface area contributed by atoms with Gasteiger partial charge in [0.2, 0.25) is 0 Å². The normalized spacial score (nSPS) is 20.3. The lowest BCUT2D eigenvalue weighted by molar-refractivity contribution is 0.248. The molecular weight excluding hydrogens is 456 g/mol. The van der Waals surface area contributed by atoms with Gasteiger partial charge in [-0.15, -0.1) is 0 Å². The Morgan fingerprint density at radius 3 is 2.00 bits per heavy atom. The minimum absolute atomic E-state index is 0.247. The number of hydrogen-bond acceptors (Lipinski definition) is 0. The SMILES string of the molecule is CCC(CC)(c1ccc(C2CCCC(CCc3ccc(C)cc3)(c3ccc(C(C)C)cc3)C2)cc1)C(C)C. The van der Waals surface area contributed by atoms with E-state index in [0.29, 0.717) is 23.2 Å². The average molecular weight is 509 g/mol. The highest BCUT2D eigenvalue weighted by molar-refractivity contribution is 5.36. The second kappa shape index (κ2) is 12.2. The van der Waals surface area contributed by atoms with Crippen LogP contribution in [-0.4, -0.2) is 0 Å². The van der Waals surface area contributed by atoms with Gasteiger partial charge < -0.3 is 0 Å². The molecule has 0 heteroatoms. The van der Waals surface area contributed by atoms with Crippen LogP contribution < -0.4 is 0 Å². The van der Waals surface area contributed by atoms with E-state index in [0.717, 1.165) is 6.42 Å². The Hall–Kier alpha value is -2.34. The van der Waals surface area contributed by atoms with E-state index in [9.17, 15) is 0 Å². The van der Waals surface area contributed by atoms with Crippen molar-refractivity contribution in [2.24, 2.45) is 5.92 Å². The molecule has 2 unspecified atom stereocenters. The zero-order valence-electron chi connectivity index (χ0n) is 25.3. The van der Waals surface area contributed by atoms with Gasteiger partial charge >= 0.3 is 0 Å². The molecule has 4 rings (SSSR count). The van der Waals surface area contributed by atoms with Crippen LogP contribution >= 0.6 is 0 Å². The summed E-state index contributed by atoms with van der Waals surface area (Å²) in [6.07, 6.45) is 9.98. The van der Waals surface area contributed by atoms with Gasteiger partial charge in [0.15, 0.2) is 0 Å². The maximum Gasteiger partial charge on any atom is -0.00292 e. The Balaban J connectivity index is 1.63. The number of rotatable bonds is 10. The maximum atomic E-state index is 2.49. The minimum Gasteiger partial charge on any atom is -0.0645 e. The quantitative estimate of drug-likeness (QED) is 0.255. The van der Waals surface area contributed by atoms with Crippen molar-refractivity contribution in [2.45, 2.75) is 122 Å². The van der Waals surface area contributed by atoms with Crippen molar-refractivity contribution >= 4 is 0 Å². The van der Waals surface area contributed by atoms with Gasteiger partial charge in [-0.05, 0) is 108 Å². The van der Waals surface area contributed by atoms with Crippen molar-refractivity contribution in [2.75, 3.05) is 0 Å². The zero-order chi connectivity index (χ0) is 27.3. The van der Waals surface area contributed by atoms with Gasteiger partial charge in [0.05, 0.1) is 0 Å². The second-order valence-electron chi connectivity index (χ2n) is 13.0. The highest BCUT2D eigenvalue weighted by Crippen LogP contribution is 2.49. The number of aryl methyl sites for hydroxylation is 2. The molecule has 0 aliphatic heterocycles. The Kier molecular flexibility index (Phi) is 9.23. The van der Waals surface area contributed by atoms with E-state index in [-0.39, 0.29) is 5.41 Å². The van der Waals surface area contributed by atoms with Gasteiger partial charge in [-0.1, -0.05) is 126 Å². The molecule has 1 saturated carbocycles. The van der Waals surface area contributed by atoms with E-state index in [1.807, 2.05) is 0 Å². The van der Waals surface area contributed by atoms with E-state index in [2.05, 4.69) is 121 Å². The van der Waals surface area contributed by atoms with Crippen LogP contribution in [0.1, 0.15) is 132 Å². The third-order valence-electron chi connectivity index (χ3n) is 10.4. The summed E-state index contributed by atoms with van der Waals surface area (Å²) in [5, 5.41) is 0. The molecule has 0 nitrogen and oxygen atoms in total. The third-order valence-corrected chi connectivity index (χ3v) is 10.4. The molecule has 2 atom stereocenters. The van der Waals surface area contributed by atoms with Crippen LogP contribution in [0.5, 0.6) is 0 Å².